The van der Waals surface area contributed by atoms with Gasteiger partial charge in [-0.2, -0.15) is 13.2 Å². The van der Waals surface area contributed by atoms with Crippen molar-refractivity contribution in [2.24, 2.45) is 0 Å². The zero-order valence-corrected chi connectivity index (χ0v) is 12.6. The quantitative estimate of drug-likeness (QED) is 0.897. The number of rotatable bonds is 3. The molecule has 0 saturated carbocycles. The SMILES string of the molecule is Cc1cccc([C@@H](CC(F)(F)F)N2CCNCC2)c1O.Cl. The molecule has 1 aromatic carbocycles. The number of benzene rings is 1. The van der Waals surface area contributed by atoms with Gasteiger partial charge in [0, 0.05) is 37.8 Å². The van der Waals surface area contributed by atoms with E-state index in [2.05, 4.69) is 5.32 Å². The molecule has 3 nitrogen and oxygen atoms in total. The minimum atomic E-state index is -4.26. The molecule has 0 aliphatic carbocycles. The number of aromatic hydroxyl groups is 1. The second-order valence-corrected chi connectivity index (χ2v) is 5.13. The van der Waals surface area contributed by atoms with Gasteiger partial charge in [-0.15, -0.1) is 12.4 Å². The summed E-state index contributed by atoms with van der Waals surface area (Å²) in [7, 11) is 0. The Morgan fingerprint density at radius 2 is 1.90 bits per heavy atom. The predicted octanol–water partition coefficient (Wildman–Crippen LogP) is 3.02. The van der Waals surface area contributed by atoms with Crippen molar-refractivity contribution in [2.75, 3.05) is 26.2 Å². The number of para-hydroxylation sites is 1. The summed E-state index contributed by atoms with van der Waals surface area (Å²) in [6.07, 6.45) is -5.20. The van der Waals surface area contributed by atoms with Crippen LogP contribution >= 0.6 is 12.4 Å². The van der Waals surface area contributed by atoms with Gasteiger partial charge in [-0.25, -0.2) is 0 Å². The molecule has 2 N–H and O–H groups in total. The Balaban J connectivity index is 0.00000220. The lowest BCUT2D eigenvalue weighted by Gasteiger charge is -2.36. The van der Waals surface area contributed by atoms with Crippen LogP contribution in [0.2, 0.25) is 0 Å². The van der Waals surface area contributed by atoms with Crippen LogP contribution in [0.5, 0.6) is 5.75 Å². The first-order valence-electron chi connectivity index (χ1n) is 6.68. The molecule has 0 spiro atoms. The van der Waals surface area contributed by atoms with Crippen molar-refractivity contribution in [3.8, 4) is 5.75 Å². The summed E-state index contributed by atoms with van der Waals surface area (Å²) >= 11 is 0. The Hall–Kier alpha value is -0.980. The van der Waals surface area contributed by atoms with Crippen LogP contribution in [0.4, 0.5) is 13.2 Å². The molecule has 7 heteroatoms. The Morgan fingerprint density at radius 3 is 2.48 bits per heavy atom. The van der Waals surface area contributed by atoms with Crippen molar-refractivity contribution in [2.45, 2.75) is 25.6 Å². The van der Waals surface area contributed by atoms with Crippen LogP contribution in [-0.4, -0.2) is 42.4 Å². The van der Waals surface area contributed by atoms with Crippen molar-refractivity contribution >= 4 is 12.4 Å². The number of phenolic OH excluding ortho intramolecular Hbond substituents is 1. The average Bonchev–Trinajstić information content (AvgIpc) is 2.40. The number of hydrogen-bond donors (Lipinski definition) is 2. The number of piperazine rings is 1. The highest BCUT2D eigenvalue weighted by Gasteiger charge is 2.37. The largest absolute Gasteiger partial charge is 0.507 e. The molecular formula is C14H20ClF3N2O. The molecule has 0 aromatic heterocycles. The van der Waals surface area contributed by atoms with Gasteiger partial charge in [0.15, 0.2) is 0 Å². The summed E-state index contributed by atoms with van der Waals surface area (Å²) in [6.45, 7) is 4.13. The van der Waals surface area contributed by atoms with Gasteiger partial charge in [0.25, 0.3) is 0 Å². The van der Waals surface area contributed by atoms with E-state index < -0.39 is 18.6 Å². The van der Waals surface area contributed by atoms with E-state index in [1.165, 1.54) is 0 Å². The van der Waals surface area contributed by atoms with Gasteiger partial charge in [0.05, 0.1) is 6.42 Å². The Morgan fingerprint density at radius 1 is 1.29 bits per heavy atom. The highest BCUT2D eigenvalue weighted by atomic mass is 35.5. The number of hydrogen-bond acceptors (Lipinski definition) is 3. The summed E-state index contributed by atoms with van der Waals surface area (Å²) in [5.74, 6) is -0.0275. The summed E-state index contributed by atoms with van der Waals surface area (Å²) in [5.41, 5.74) is 0.967. The molecule has 1 aromatic rings. The monoisotopic (exact) mass is 324 g/mol. The first-order chi connectivity index (χ1) is 9.38. The molecule has 1 saturated heterocycles. The molecule has 1 heterocycles. The maximum Gasteiger partial charge on any atom is 0.390 e. The van der Waals surface area contributed by atoms with Crippen LogP contribution in [0.15, 0.2) is 18.2 Å². The fraction of sp³-hybridized carbons (Fsp3) is 0.571. The van der Waals surface area contributed by atoms with Gasteiger partial charge in [0.1, 0.15) is 5.75 Å². The van der Waals surface area contributed by atoms with E-state index >= 15 is 0 Å². The van der Waals surface area contributed by atoms with E-state index in [0.29, 0.717) is 37.3 Å². The van der Waals surface area contributed by atoms with Crippen molar-refractivity contribution in [1.82, 2.24) is 10.2 Å². The number of nitrogens with zero attached hydrogens (tertiary/aromatic N) is 1. The first kappa shape index (κ1) is 18.1. The Kier molecular flexibility index (Phi) is 6.31. The third-order valence-corrected chi connectivity index (χ3v) is 3.65. The summed E-state index contributed by atoms with van der Waals surface area (Å²) < 4.78 is 38.6. The number of alkyl halides is 3. The maximum atomic E-state index is 12.9. The van der Waals surface area contributed by atoms with Crippen molar-refractivity contribution < 1.29 is 18.3 Å². The van der Waals surface area contributed by atoms with Crippen molar-refractivity contribution in [1.29, 1.82) is 0 Å². The van der Waals surface area contributed by atoms with Crippen LogP contribution in [0.25, 0.3) is 0 Å². The fourth-order valence-corrected chi connectivity index (χ4v) is 2.60. The first-order valence-corrected chi connectivity index (χ1v) is 6.68. The van der Waals surface area contributed by atoms with Gasteiger partial charge in [-0.1, -0.05) is 18.2 Å². The van der Waals surface area contributed by atoms with Crippen molar-refractivity contribution in [3.05, 3.63) is 29.3 Å². The third kappa shape index (κ3) is 4.76. The summed E-state index contributed by atoms with van der Waals surface area (Å²) in [4.78, 5) is 1.79. The predicted molar refractivity (Wildman–Crippen MR) is 77.9 cm³/mol. The zero-order chi connectivity index (χ0) is 14.8. The van der Waals surface area contributed by atoms with Crippen LogP contribution in [0, 0.1) is 6.92 Å². The normalized spacial score (nSPS) is 18.1. The topological polar surface area (TPSA) is 35.5 Å². The zero-order valence-electron chi connectivity index (χ0n) is 11.8. The van der Waals surface area contributed by atoms with E-state index in [1.54, 1.807) is 30.0 Å². The third-order valence-electron chi connectivity index (χ3n) is 3.65. The molecule has 0 amide bonds. The van der Waals surface area contributed by atoms with Gasteiger partial charge >= 0.3 is 6.18 Å². The number of aryl methyl sites for hydroxylation is 1. The van der Waals surface area contributed by atoms with E-state index in [0.717, 1.165) is 0 Å². The maximum absolute atomic E-state index is 12.9. The van der Waals surface area contributed by atoms with Crippen molar-refractivity contribution in [3.63, 3.8) is 0 Å². The Bertz CT molecular complexity index is 462. The van der Waals surface area contributed by atoms with E-state index in [4.69, 9.17) is 0 Å². The molecule has 21 heavy (non-hydrogen) atoms. The molecule has 1 atom stereocenters. The number of phenols is 1. The molecule has 0 unspecified atom stereocenters. The fourth-order valence-electron chi connectivity index (χ4n) is 2.60. The molecule has 120 valence electrons. The second kappa shape index (κ2) is 7.33. The van der Waals surface area contributed by atoms with E-state index in [9.17, 15) is 18.3 Å². The van der Waals surface area contributed by atoms with Crippen LogP contribution in [-0.2, 0) is 0 Å². The van der Waals surface area contributed by atoms with Gasteiger partial charge < -0.3 is 10.4 Å². The second-order valence-electron chi connectivity index (χ2n) is 5.13. The standard InChI is InChI=1S/C14H19F3N2O.ClH/c1-10-3-2-4-11(13(10)20)12(9-14(15,16)17)19-7-5-18-6-8-19;/h2-4,12,18,20H,5-9H2,1H3;1H/t12-;/m1./s1. The van der Waals surface area contributed by atoms with Crippen LogP contribution < -0.4 is 5.32 Å². The number of nitrogens with one attached hydrogen (secondary N) is 1. The summed E-state index contributed by atoms with van der Waals surface area (Å²) in [5, 5.41) is 13.2. The highest BCUT2D eigenvalue weighted by molar-refractivity contribution is 5.85. The smallest absolute Gasteiger partial charge is 0.390 e. The molecular weight excluding hydrogens is 305 g/mol. The van der Waals surface area contributed by atoms with E-state index in [-0.39, 0.29) is 18.2 Å². The van der Waals surface area contributed by atoms with E-state index in [1.807, 2.05) is 0 Å². The molecule has 0 bridgehead atoms. The lowest BCUT2D eigenvalue weighted by molar-refractivity contribution is -0.148. The molecule has 2 rings (SSSR count). The minimum absolute atomic E-state index is 0. The lowest BCUT2D eigenvalue weighted by Crippen LogP contribution is -2.46. The molecule has 1 aliphatic heterocycles. The average molecular weight is 325 g/mol. The van der Waals surface area contributed by atoms with Gasteiger partial charge in [-0.05, 0) is 12.5 Å². The number of halogens is 4. The lowest BCUT2D eigenvalue weighted by atomic mass is 9.97. The minimum Gasteiger partial charge on any atom is -0.507 e. The van der Waals surface area contributed by atoms with Crippen LogP contribution in [0.3, 0.4) is 0 Å². The molecule has 0 radical (unpaired) electrons. The van der Waals surface area contributed by atoms with Crippen LogP contribution in [0.1, 0.15) is 23.6 Å². The van der Waals surface area contributed by atoms with Gasteiger partial charge in [-0.3, -0.25) is 4.90 Å². The molecule has 1 fully saturated rings. The summed E-state index contributed by atoms with van der Waals surface area (Å²) in [6, 6.07) is 4.15. The Labute approximate surface area is 128 Å². The highest BCUT2D eigenvalue weighted by Crippen LogP contribution is 2.38. The van der Waals surface area contributed by atoms with Gasteiger partial charge in [0.2, 0.25) is 0 Å². The molecule has 1 aliphatic rings.